The summed E-state index contributed by atoms with van der Waals surface area (Å²) >= 11 is 0. The Hall–Kier alpha value is -1.77. The molecular formula is C22H31IN4O2. The lowest BCUT2D eigenvalue weighted by Crippen LogP contribution is -2.46. The number of benzene rings is 1. The summed E-state index contributed by atoms with van der Waals surface area (Å²) in [5.41, 5.74) is 3.13. The van der Waals surface area contributed by atoms with Crippen LogP contribution in [0.15, 0.2) is 33.8 Å². The van der Waals surface area contributed by atoms with Crippen molar-refractivity contribution in [2.45, 2.75) is 71.1 Å². The van der Waals surface area contributed by atoms with Gasteiger partial charge in [0.05, 0.1) is 18.3 Å². The highest BCUT2D eigenvalue weighted by molar-refractivity contribution is 14.0. The van der Waals surface area contributed by atoms with Crippen LogP contribution < -0.4 is 15.4 Å². The third kappa shape index (κ3) is 4.70. The number of ether oxygens (including phenoxy) is 1. The fourth-order valence-corrected chi connectivity index (χ4v) is 4.44. The van der Waals surface area contributed by atoms with Gasteiger partial charge in [-0.3, -0.25) is 0 Å². The van der Waals surface area contributed by atoms with Crippen molar-refractivity contribution in [3.05, 3.63) is 46.8 Å². The molecule has 1 aliphatic heterocycles. The maximum Gasteiger partial charge on any atom is 0.192 e. The predicted octanol–water partition coefficient (Wildman–Crippen LogP) is 4.80. The summed E-state index contributed by atoms with van der Waals surface area (Å²) < 4.78 is 11.8. The first-order valence-electron chi connectivity index (χ1n) is 10.3. The van der Waals surface area contributed by atoms with Crippen molar-refractivity contribution in [1.29, 1.82) is 0 Å². The molecule has 6 nitrogen and oxygen atoms in total. The molecule has 1 fully saturated rings. The topological polar surface area (TPSA) is 71.7 Å². The van der Waals surface area contributed by atoms with Gasteiger partial charge in [0.2, 0.25) is 0 Å². The number of hydrogen-bond donors (Lipinski definition) is 2. The molecule has 1 atom stereocenters. The van der Waals surface area contributed by atoms with Crippen molar-refractivity contribution in [3.63, 3.8) is 0 Å². The normalized spacial score (nSPS) is 20.0. The maximum absolute atomic E-state index is 6.48. The minimum Gasteiger partial charge on any atom is -0.487 e. The van der Waals surface area contributed by atoms with Gasteiger partial charge < -0.3 is 19.9 Å². The minimum absolute atomic E-state index is 0. The first-order valence-corrected chi connectivity index (χ1v) is 10.3. The van der Waals surface area contributed by atoms with Crippen molar-refractivity contribution >= 4 is 29.9 Å². The number of aliphatic imine (C=N–C) groups is 1. The van der Waals surface area contributed by atoms with E-state index < -0.39 is 0 Å². The summed E-state index contributed by atoms with van der Waals surface area (Å²) in [5.74, 6) is 2.66. The summed E-state index contributed by atoms with van der Waals surface area (Å²) in [4.78, 5) is 4.81. The van der Waals surface area contributed by atoms with Crippen LogP contribution in [0.4, 0.5) is 0 Å². The van der Waals surface area contributed by atoms with Gasteiger partial charge >= 0.3 is 0 Å². The molecule has 1 aromatic heterocycles. The molecule has 0 radical (unpaired) electrons. The Morgan fingerprint density at radius 3 is 2.69 bits per heavy atom. The number of hydrogen-bond acceptors (Lipinski definition) is 4. The third-order valence-electron chi connectivity index (χ3n) is 5.94. The quantitative estimate of drug-likeness (QED) is 0.351. The number of aromatic nitrogens is 1. The van der Waals surface area contributed by atoms with Gasteiger partial charge in [-0.2, -0.15) is 0 Å². The molecule has 2 N–H and O–H groups in total. The van der Waals surface area contributed by atoms with E-state index in [4.69, 9.17) is 14.3 Å². The van der Waals surface area contributed by atoms with E-state index in [1.54, 1.807) is 0 Å². The molecule has 1 aliphatic carbocycles. The van der Waals surface area contributed by atoms with Crippen molar-refractivity contribution in [2.24, 2.45) is 4.99 Å². The van der Waals surface area contributed by atoms with Crippen molar-refractivity contribution in [1.82, 2.24) is 15.8 Å². The van der Waals surface area contributed by atoms with E-state index >= 15 is 0 Å². The van der Waals surface area contributed by atoms with Crippen LogP contribution in [0.1, 0.15) is 67.7 Å². The number of halogens is 1. The zero-order valence-corrected chi connectivity index (χ0v) is 19.8. The average molecular weight is 510 g/mol. The van der Waals surface area contributed by atoms with Crippen LogP contribution in [-0.2, 0) is 6.54 Å². The van der Waals surface area contributed by atoms with Crippen molar-refractivity contribution < 1.29 is 9.26 Å². The highest BCUT2D eigenvalue weighted by atomic mass is 127. The van der Waals surface area contributed by atoms with Crippen LogP contribution in [0.3, 0.4) is 0 Å². The molecule has 1 unspecified atom stereocenters. The number of fused-ring (bicyclic) bond motifs is 1. The van der Waals surface area contributed by atoms with E-state index in [9.17, 15) is 0 Å². The van der Waals surface area contributed by atoms with Crippen molar-refractivity contribution in [3.8, 4) is 5.75 Å². The first kappa shape index (κ1) is 21.9. The molecule has 7 heteroatoms. The SMILES string of the molecule is CCNC(=NCc1c(C)noc1C)NC1CC2(CCCC2)Oc2ccccc21.I. The average Bonchev–Trinajstić information content (AvgIpc) is 3.26. The molecule has 0 saturated heterocycles. The highest BCUT2D eigenvalue weighted by Gasteiger charge is 2.43. The third-order valence-corrected chi connectivity index (χ3v) is 5.94. The molecule has 1 saturated carbocycles. The van der Waals surface area contributed by atoms with Crippen LogP contribution in [0.5, 0.6) is 5.75 Å². The standard InChI is InChI=1S/C22H30N4O2.HI/c1-4-23-21(24-14-18-15(2)26-28-16(18)3)25-19-13-22(11-7-8-12-22)27-20-10-6-5-9-17(19)20;/h5-6,9-10,19H,4,7-8,11-14H2,1-3H3,(H2,23,24,25);1H. The van der Waals surface area contributed by atoms with Gasteiger partial charge in [-0.25, -0.2) is 4.99 Å². The highest BCUT2D eigenvalue weighted by Crippen LogP contribution is 2.46. The first-order chi connectivity index (χ1) is 13.6. The number of nitrogens with one attached hydrogen (secondary N) is 2. The van der Waals surface area contributed by atoms with E-state index in [0.717, 1.165) is 54.5 Å². The van der Waals surface area contributed by atoms with Gasteiger partial charge in [0.25, 0.3) is 0 Å². The number of aryl methyl sites for hydroxylation is 2. The van der Waals surface area contributed by atoms with Gasteiger partial charge in [-0.15, -0.1) is 24.0 Å². The molecule has 0 amide bonds. The van der Waals surface area contributed by atoms with Crippen LogP contribution in [0, 0.1) is 13.8 Å². The Labute approximate surface area is 189 Å². The Balaban J connectivity index is 0.00000240. The number of nitrogens with zero attached hydrogens (tertiary/aromatic N) is 2. The smallest absolute Gasteiger partial charge is 0.192 e. The summed E-state index contributed by atoms with van der Waals surface area (Å²) in [6, 6.07) is 8.58. The largest absolute Gasteiger partial charge is 0.487 e. The number of para-hydroxylation sites is 1. The van der Waals surface area contributed by atoms with Gasteiger partial charge in [0, 0.05) is 24.1 Å². The van der Waals surface area contributed by atoms with E-state index in [2.05, 4.69) is 47.0 Å². The van der Waals surface area contributed by atoms with Crippen molar-refractivity contribution in [2.75, 3.05) is 6.54 Å². The second-order valence-corrected chi connectivity index (χ2v) is 7.93. The lowest BCUT2D eigenvalue weighted by molar-refractivity contribution is 0.0396. The molecule has 1 aromatic carbocycles. The Bertz CT molecular complexity index is 839. The van der Waals surface area contributed by atoms with Crippen LogP contribution >= 0.6 is 24.0 Å². The molecule has 1 spiro atoms. The fourth-order valence-electron chi connectivity index (χ4n) is 4.44. The summed E-state index contributed by atoms with van der Waals surface area (Å²) in [7, 11) is 0. The number of rotatable bonds is 4. The molecule has 2 aromatic rings. The van der Waals surface area contributed by atoms with Crippen LogP contribution in [-0.4, -0.2) is 23.3 Å². The summed E-state index contributed by atoms with van der Waals surface area (Å²) in [6.45, 7) is 7.34. The molecule has 29 heavy (non-hydrogen) atoms. The monoisotopic (exact) mass is 510 g/mol. The lowest BCUT2D eigenvalue weighted by atomic mass is 9.86. The Kier molecular flexibility index (Phi) is 7.08. The maximum atomic E-state index is 6.48. The second-order valence-electron chi connectivity index (χ2n) is 7.93. The zero-order chi connectivity index (χ0) is 19.6. The molecule has 158 valence electrons. The molecule has 2 heterocycles. The predicted molar refractivity (Wildman–Crippen MR) is 125 cm³/mol. The number of guanidine groups is 1. The summed E-state index contributed by atoms with van der Waals surface area (Å²) in [5, 5.41) is 11.1. The van der Waals surface area contributed by atoms with Crippen LogP contribution in [0.25, 0.3) is 0 Å². The molecule has 0 bridgehead atoms. The van der Waals surface area contributed by atoms with Gasteiger partial charge in [0.1, 0.15) is 17.1 Å². The van der Waals surface area contributed by atoms with Gasteiger partial charge in [-0.05, 0) is 52.5 Å². The van der Waals surface area contributed by atoms with E-state index in [1.807, 2.05) is 13.8 Å². The Morgan fingerprint density at radius 1 is 1.24 bits per heavy atom. The zero-order valence-electron chi connectivity index (χ0n) is 17.5. The van der Waals surface area contributed by atoms with E-state index in [1.165, 1.54) is 18.4 Å². The fraction of sp³-hybridized carbons (Fsp3) is 0.545. The van der Waals surface area contributed by atoms with Gasteiger partial charge in [0.15, 0.2) is 5.96 Å². The lowest BCUT2D eigenvalue weighted by Gasteiger charge is -2.40. The van der Waals surface area contributed by atoms with Gasteiger partial charge in [-0.1, -0.05) is 23.4 Å². The van der Waals surface area contributed by atoms with Crippen LogP contribution in [0.2, 0.25) is 0 Å². The molecule has 2 aliphatic rings. The second kappa shape index (κ2) is 9.36. The molecular weight excluding hydrogens is 479 g/mol. The Morgan fingerprint density at radius 2 is 2.00 bits per heavy atom. The molecule has 4 rings (SSSR count). The van der Waals surface area contributed by atoms with E-state index in [0.29, 0.717) is 6.54 Å². The summed E-state index contributed by atoms with van der Waals surface area (Å²) in [6.07, 6.45) is 5.72. The van der Waals surface area contributed by atoms with E-state index in [-0.39, 0.29) is 35.6 Å². The minimum atomic E-state index is -0.0367.